The van der Waals surface area contributed by atoms with Crippen LogP contribution in [-0.2, 0) is 0 Å². The Morgan fingerprint density at radius 1 is 0.185 bits per heavy atom. The van der Waals surface area contributed by atoms with Gasteiger partial charge in [0.1, 0.15) is 0 Å². The summed E-state index contributed by atoms with van der Waals surface area (Å²) in [4.78, 5) is 2.36. The molecule has 306 valence electrons. The maximum absolute atomic E-state index is 2.36. The van der Waals surface area contributed by atoms with Crippen molar-refractivity contribution >= 4 is 27.8 Å². The Bertz CT molecular complexity index is 3370. The molecule has 11 aromatic rings. The van der Waals surface area contributed by atoms with Crippen LogP contribution in [0.1, 0.15) is 0 Å². The monoisotopic (exact) mass is 827 g/mol. The van der Waals surface area contributed by atoms with Crippen LogP contribution < -0.4 is 4.90 Å². The van der Waals surface area contributed by atoms with Crippen LogP contribution in [0.3, 0.4) is 0 Å². The standard InChI is InChI=1S/C64H45N/c1-4-17-46(18-5-1)48-33-39-55(40-34-48)65(56-41-35-50(36-42-56)59-28-11-13-30-63(59)62-29-12-10-27-58(62)49-21-8-3-9-22-49)57-43-37-51(38-44-57)60-31-15-23-52-24-16-32-61(64(52)60)54-26-14-25-53(45-54)47-19-6-2-7-20-47/h1-45H. The lowest BCUT2D eigenvalue weighted by atomic mass is 9.89. The molecule has 0 aliphatic rings. The van der Waals surface area contributed by atoms with Gasteiger partial charge >= 0.3 is 0 Å². The van der Waals surface area contributed by atoms with Crippen LogP contribution in [0.2, 0.25) is 0 Å². The summed E-state index contributed by atoms with van der Waals surface area (Å²) in [7, 11) is 0. The second-order valence-electron chi connectivity index (χ2n) is 16.5. The first-order valence-electron chi connectivity index (χ1n) is 22.3. The van der Waals surface area contributed by atoms with Crippen molar-refractivity contribution in [1.29, 1.82) is 0 Å². The molecular weight excluding hydrogens is 783 g/mol. The maximum atomic E-state index is 2.36. The molecule has 0 unspecified atom stereocenters. The van der Waals surface area contributed by atoms with Crippen molar-refractivity contribution in [2.24, 2.45) is 0 Å². The fourth-order valence-corrected chi connectivity index (χ4v) is 9.34. The van der Waals surface area contributed by atoms with E-state index in [4.69, 9.17) is 0 Å². The highest BCUT2D eigenvalue weighted by Crippen LogP contribution is 2.43. The van der Waals surface area contributed by atoms with Crippen molar-refractivity contribution in [3.63, 3.8) is 0 Å². The normalized spacial score (nSPS) is 11.1. The molecule has 11 aromatic carbocycles. The van der Waals surface area contributed by atoms with Gasteiger partial charge in [-0.05, 0) is 131 Å². The first-order valence-corrected chi connectivity index (χ1v) is 22.3. The van der Waals surface area contributed by atoms with Gasteiger partial charge in [-0.25, -0.2) is 0 Å². The summed E-state index contributed by atoms with van der Waals surface area (Å²) in [5, 5.41) is 2.48. The summed E-state index contributed by atoms with van der Waals surface area (Å²) in [5.74, 6) is 0. The van der Waals surface area contributed by atoms with Crippen LogP contribution in [0.15, 0.2) is 273 Å². The number of benzene rings is 11. The first kappa shape index (κ1) is 39.3. The van der Waals surface area contributed by atoms with Gasteiger partial charge in [-0.3, -0.25) is 0 Å². The molecule has 1 heteroatoms. The molecule has 0 saturated heterocycles. The predicted molar refractivity (Wildman–Crippen MR) is 277 cm³/mol. The minimum absolute atomic E-state index is 1.09. The third-order valence-electron chi connectivity index (χ3n) is 12.5. The minimum Gasteiger partial charge on any atom is -0.311 e. The predicted octanol–water partition coefficient (Wildman–Crippen LogP) is 18.0. The average molecular weight is 828 g/mol. The van der Waals surface area contributed by atoms with Crippen molar-refractivity contribution in [1.82, 2.24) is 0 Å². The van der Waals surface area contributed by atoms with Gasteiger partial charge in [0, 0.05) is 17.1 Å². The third kappa shape index (κ3) is 7.93. The Kier molecular flexibility index (Phi) is 10.7. The lowest BCUT2D eigenvalue weighted by Gasteiger charge is -2.26. The highest BCUT2D eigenvalue weighted by Gasteiger charge is 2.17. The fraction of sp³-hybridized carbons (Fsp3) is 0. The van der Waals surface area contributed by atoms with Crippen LogP contribution in [0.4, 0.5) is 17.1 Å². The number of anilines is 3. The summed E-state index contributed by atoms with van der Waals surface area (Å²) in [5.41, 5.74) is 20.1. The van der Waals surface area contributed by atoms with Crippen LogP contribution >= 0.6 is 0 Å². The third-order valence-corrected chi connectivity index (χ3v) is 12.5. The molecule has 0 aromatic heterocycles. The van der Waals surface area contributed by atoms with E-state index in [1.54, 1.807) is 0 Å². The number of rotatable bonds is 10. The van der Waals surface area contributed by atoms with Gasteiger partial charge in [-0.1, -0.05) is 231 Å². The van der Waals surface area contributed by atoms with Crippen molar-refractivity contribution < 1.29 is 0 Å². The van der Waals surface area contributed by atoms with Crippen LogP contribution in [0, 0.1) is 0 Å². The molecule has 0 atom stereocenters. The minimum atomic E-state index is 1.09. The second kappa shape index (κ2) is 17.7. The number of hydrogen-bond donors (Lipinski definition) is 0. The largest absolute Gasteiger partial charge is 0.311 e. The maximum Gasteiger partial charge on any atom is 0.0462 e. The zero-order valence-electron chi connectivity index (χ0n) is 35.9. The molecule has 0 aliphatic heterocycles. The molecule has 0 heterocycles. The van der Waals surface area contributed by atoms with E-state index in [-0.39, 0.29) is 0 Å². The molecule has 11 rings (SSSR count). The van der Waals surface area contributed by atoms with Crippen molar-refractivity contribution in [2.45, 2.75) is 0 Å². The number of fused-ring (bicyclic) bond motifs is 1. The van der Waals surface area contributed by atoms with E-state index < -0.39 is 0 Å². The smallest absolute Gasteiger partial charge is 0.0462 e. The van der Waals surface area contributed by atoms with Crippen molar-refractivity contribution in [2.75, 3.05) is 4.90 Å². The first-order chi connectivity index (χ1) is 32.2. The van der Waals surface area contributed by atoms with Crippen molar-refractivity contribution in [3.8, 4) is 77.9 Å². The van der Waals surface area contributed by atoms with Crippen LogP contribution in [0.25, 0.3) is 88.7 Å². The Labute approximate surface area is 381 Å². The zero-order chi connectivity index (χ0) is 43.4. The Balaban J connectivity index is 0.979. The summed E-state index contributed by atoms with van der Waals surface area (Å²) in [6.45, 7) is 0. The molecule has 0 saturated carbocycles. The molecule has 0 radical (unpaired) electrons. The van der Waals surface area contributed by atoms with Crippen molar-refractivity contribution in [3.05, 3.63) is 273 Å². The Morgan fingerprint density at radius 3 is 1.00 bits per heavy atom. The highest BCUT2D eigenvalue weighted by molar-refractivity contribution is 6.07. The van der Waals surface area contributed by atoms with E-state index >= 15 is 0 Å². The second-order valence-corrected chi connectivity index (χ2v) is 16.5. The summed E-state index contributed by atoms with van der Waals surface area (Å²) < 4.78 is 0. The van der Waals surface area contributed by atoms with E-state index in [2.05, 4.69) is 278 Å². The van der Waals surface area contributed by atoms with E-state index in [9.17, 15) is 0 Å². The van der Waals surface area contributed by atoms with E-state index in [0.717, 1.165) is 17.1 Å². The SMILES string of the molecule is c1ccc(-c2ccc(N(c3ccc(-c4ccccc4-c4ccccc4-c4ccccc4)cc3)c3ccc(-c4cccc5cccc(-c6cccc(-c7ccccc7)c6)c45)cc3)cc2)cc1. The van der Waals surface area contributed by atoms with Gasteiger partial charge < -0.3 is 4.90 Å². The lowest BCUT2D eigenvalue weighted by Crippen LogP contribution is -2.09. The van der Waals surface area contributed by atoms with Gasteiger partial charge in [0.15, 0.2) is 0 Å². The molecule has 0 fully saturated rings. The molecule has 1 nitrogen and oxygen atoms in total. The van der Waals surface area contributed by atoms with E-state index in [0.29, 0.717) is 0 Å². The molecular formula is C64H45N. The number of hydrogen-bond acceptors (Lipinski definition) is 1. The molecule has 0 bridgehead atoms. The van der Waals surface area contributed by atoms with E-state index in [1.807, 2.05) is 0 Å². The Hall–Kier alpha value is -8.52. The summed E-state index contributed by atoms with van der Waals surface area (Å²) >= 11 is 0. The topological polar surface area (TPSA) is 3.24 Å². The quantitative estimate of drug-likeness (QED) is 0.133. The molecule has 0 amide bonds. The van der Waals surface area contributed by atoms with Gasteiger partial charge in [0.2, 0.25) is 0 Å². The van der Waals surface area contributed by atoms with Gasteiger partial charge in [0.25, 0.3) is 0 Å². The molecule has 0 N–H and O–H groups in total. The summed E-state index contributed by atoms with van der Waals surface area (Å²) in [6.07, 6.45) is 0. The highest BCUT2D eigenvalue weighted by atomic mass is 15.1. The molecule has 65 heavy (non-hydrogen) atoms. The average Bonchev–Trinajstić information content (AvgIpc) is 3.40. The van der Waals surface area contributed by atoms with Gasteiger partial charge in [-0.2, -0.15) is 0 Å². The fourth-order valence-electron chi connectivity index (χ4n) is 9.34. The molecule has 0 spiro atoms. The zero-order valence-corrected chi connectivity index (χ0v) is 35.9. The van der Waals surface area contributed by atoms with E-state index in [1.165, 1.54) is 88.7 Å². The van der Waals surface area contributed by atoms with Crippen LogP contribution in [0.5, 0.6) is 0 Å². The number of nitrogens with zero attached hydrogens (tertiary/aromatic N) is 1. The lowest BCUT2D eigenvalue weighted by molar-refractivity contribution is 1.28. The van der Waals surface area contributed by atoms with Gasteiger partial charge in [-0.15, -0.1) is 0 Å². The Morgan fingerprint density at radius 2 is 0.492 bits per heavy atom. The van der Waals surface area contributed by atoms with Gasteiger partial charge in [0.05, 0.1) is 0 Å². The summed E-state index contributed by atoms with van der Waals surface area (Å²) in [6, 6.07) is 98.7. The molecule has 0 aliphatic carbocycles. The van der Waals surface area contributed by atoms with Crippen LogP contribution in [-0.4, -0.2) is 0 Å².